The largest absolute Gasteiger partial charge is 0.396 e. The smallest absolute Gasteiger partial charge is 0.0499 e. The molecule has 1 aliphatic rings. The van der Waals surface area contributed by atoms with E-state index in [0.29, 0.717) is 12.5 Å². The summed E-state index contributed by atoms with van der Waals surface area (Å²) in [5.74, 6) is 0.656. The van der Waals surface area contributed by atoms with Crippen LogP contribution in [0, 0.1) is 11.3 Å². The van der Waals surface area contributed by atoms with Gasteiger partial charge in [-0.1, -0.05) is 13.8 Å². The summed E-state index contributed by atoms with van der Waals surface area (Å²) in [6.45, 7) is 6.94. The Hall–Kier alpha value is -0.0800. The van der Waals surface area contributed by atoms with Crippen LogP contribution in [0.25, 0.3) is 0 Å². The van der Waals surface area contributed by atoms with E-state index >= 15 is 0 Å². The predicted octanol–water partition coefficient (Wildman–Crippen LogP) is 0.957. The third kappa shape index (κ3) is 1.74. The first-order valence-corrected chi connectivity index (χ1v) is 4.38. The molecule has 1 rings (SSSR count). The lowest BCUT2D eigenvalue weighted by Crippen LogP contribution is -2.46. The molecule has 0 aromatic carbocycles. The minimum Gasteiger partial charge on any atom is -0.396 e. The Kier molecular flexibility index (Phi) is 2.55. The van der Waals surface area contributed by atoms with Gasteiger partial charge in [0.05, 0.1) is 0 Å². The van der Waals surface area contributed by atoms with E-state index in [1.165, 1.54) is 13.0 Å². The molecule has 0 bridgehead atoms. The summed E-state index contributed by atoms with van der Waals surface area (Å²) in [6.07, 6.45) is 1.22. The molecule has 0 saturated carbocycles. The summed E-state index contributed by atoms with van der Waals surface area (Å²) >= 11 is 0. The Bertz CT molecular complexity index is 138. The van der Waals surface area contributed by atoms with E-state index in [-0.39, 0.29) is 5.41 Å². The molecular weight excluding hydrogens is 138 g/mol. The molecule has 0 amide bonds. The Morgan fingerprint density at radius 3 is 2.73 bits per heavy atom. The van der Waals surface area contributed by atoms with Gasteiger partial charge in [-0.3, -0.25) is 0 Å². The summed E-state index contributed by atoms with van der Waals surface area (Å²) < 4.78 is 0. The van der Waals surface area contributed by atoms with Gasteiger partial charge in [0.15, 0.2) is 0 Å². The highest BCUT2D eigenvalue weighted by Crippen LogP contribution is 2.33. The summed E-state index contributed by atoms with van der Waals surface area (Å²) in [5, 5.41) is 9.21. The molecule has 0 aliphatic carbocycles. The summed E-state index contributed by atoms with van der Waals surface area (Å²) in [4.78, 5) is 2.30. The number of aliphatic hydroxyl groups excluding tert-OH is 1. The molecular formula is C9H19NO. The molecule has 66 valence electrons. The predicted molar refractivity (Wildman–Crippen MR) is 46.5 cm³/mol. The second-order valence-electron chi connectivity index (χ2n) is 4.24. The number of piperidine rings is 1. The van der Waals surface area contributed by atoms with Crippen molar-refractivity contribution in [2.45, 2.75) is 20.3 Å². The minimum atomic E-state index is 0.132. The molecule has 0 spiro atoms. The number of aliphatic hydroxyl groups is 1. The number of rotatable bonds is 1. The lowest BCUT2D eigenvalue weighted by Gasteiger charge is -2.42. The highest BCUT2D eigenvalue weighted by atomic mass is 16.3. The minimum absolute atomic E-state index is 0.132. The van der Waals surface area contributed by atoms with Crippen molar-refractivity contribution < 1.29 is 5.11 Å². The number of hydrogen-bond donors (Lipinski definition) is 1. The molecule has 0 radical (unpaired) electrons. The Labute approximate surface area is 69.2 Å². The van der Waals surface area contributed by atoms with Gasteiger partial charge in [-0.2, -0.15) is 0 Å². The van der Waals surface area contributed by atoms with Crippen molar-refractivity contribution in [3.05, 3.63) is 0 Å². The van der Waals surface area contributed by atoms with Crippen molar-refractivity contribution in [1.82, 2.24) is 4.90 Å². The van der Waals surface area contributed by atoms with Crippen LogP contribution in [0.1, 0.15) is 20.3 Å². The van der Waals surface area contributed by atoms with E-state index in [4.69, 9.17) is 0 Å². The molecule has 0 aromatic rings. The monoisotopic (exact) mass is 157 g/mol. The van der Waals surface area contributed by atoms with E-state index in [0.717, 1.165) is 6.54 Å². The van der Waals surface area contributed by atoms with Crippen molar-refractivity contribution in [1.29, 1.82) is 0 Å². The number of likely N-dealkylation sites (tertiary alicyclic amines) is 1. The standard InChI is InChI=1S/C9H19NO/c1-8-4-5-10(3)6-9(8,2)7-11/h8,11H,4-7H2,1-3H3/t8?,9-/m0/s1. The van der Waals surface area contributed by atoms with Crippen LogP contribution >= 0.6 is 0 Å². The average Bonchev–Trinajstić information content (AvgIpc) is 1.98. The van der Waals surface area contributed by atoms with Crippen LogP contribution in [0.4, 0.5) is 0 Å². The fourth-order valence-electron chi connectivity index (χ4n) is 1.82. The van der Waals surface area contributed by atoms with Crippen LogP contribution in [0.3, 0.4) is 0 Å². The summed E-state index contributed by atoms with van der Waals surface area (Å²) in [7, 11) is 2.12. The van der Waals surface area contributed by atoms with Gasteiger partial charge in [-0.05, 0) is 25.9 Å². The lowest BCUT2D eigenvalue weighted by molar-refractivity contribution is 0.0130. The zero-order chi connectivity index (χ0) is 8.48. The van der Waals surface area contributed by atoms with Crippen molar-refractivity contribution >= 4 is 0 Å². The van der Waals surface area contributed by atoms with Crippen LogP contribution < -0.4 is 0 Å². The molecule has 2 atom stereocenters. The number of nitrogens with zero attached hydrogens (tertiary/aromatic N) is 1. The van der Waals surface area contributed by atoms with Gasteiger partial charge in [-0.25, -0.2) is 0 Å². The molecule has 2 heteroatoms. The normalized spacial score (nSPS) is 40.9. The van der Waals surface area contributed by atoms with E-state index in [2.05, 4.69) is 25.8 Å². The van der Waals surface area contributed by atoms with Gasteiger partial charge < -0.3 is 10.0 Å². The summed E-state index contributed by atoms with van der Waals surface area (Å²) in [5.41, 5.74) is 0.132. The van der Waals surface area contributed by atoms with Gasteiger partial charge in [0.2, 0.25) is 0 Å². The van der Waals surface area contributed by atoms with E-state index in [1.54, 1.807) is 0 Å². The molecule has 1 saturated heterocycles. The second-order valence-corrected chi connectivity index (χ2v) is 4.24. The maximum absolute atomic E-state index is 9.21. The van der Waals surface area contributed by atoms with Crippen molar-refractivity contribution in [3.8, 4) is 0 Å². The lowest BCUT2D eigenvalue weighted by atomic mass is 9.74. The Morgan fingerprint density at radius 1 is 1.64 bits per heavy atom. The molecule has 1 N–H and O–H groups in total. The zero-order valence-corrected chi connectivity index (χ0v) is 7.80. The second kappa shape index (κ2) is 3.11. The van der Waals surface area contributed by atoms with Crippen molar-refractivity contribution in [2.75, 3.05) is 26.7 Å². The van der Waals surface area contributed by atoms with Crippen LogP contribution in [0.15, 0.2) is 0 Å². The molecule has 1 fully saturated rings. The van der Waals surface area contributed by atoms with E-state index in [9.17, 15) is 5.11 Å². The molecule has 1 heterocycles. The van der Waals surface area contributed by atoms with E-state index in [1.807, 2.05) is 0 Å². The Balaban J connectivity index is 2.60. The fourth-order valence-corrected chi connectivity index (χ4v) is 1.82. The first-order chi connectivity index (χ1) is 5.08. The van der Waals surface area contributed by atoms with Crippen LogP contribution in [0.2, 0.25) is 0 Å². The van der Waals surface area contributed by atoms with Gasteiger partial charge in [0.1, 0.15) is 0 Å². The third-order valence-corrected chi connectivity index (χ3v) is 3.13. The topological polar surface area (TPSA) is 23.5 Å². The molecule has 11 heavy (non-hydrogen) atoms. The maximum Gasteiger partial charge on any atom is 0.0499 e. The number of hydrogen-bond acceptors (Lipinski definition) is 2. The third-order valence-electron chi connectivity index (χ3n) is 3.13. The molecule has 1 unspecified atom stereocenters. The van der Waals surface area contributed by atoms with Crippen LogP contribution in [-0.4, -0.2) is 36.8 Å². The average molecular weight is 157 g/mol. The van der Waals surface area contributed by atoms with Gasteiger partial charge in [0.25, 0.3) is 0 Å². The van der Waals surface area contributed by atoms with Gasteiger partial charge >= 0.3 is 0 Å². The highest BCUT2D eigenvalue weighted by Gasteiger charge is 2.34. The van der Waals surface area contributed by atoms with Crippen molar-refractivity contribution in [3.63, 3.8) is 0 Å². The first-order valence-electron chi connectivity index (χ1n) is 4.38. The fraction of sp³-hybridized carbons (Fsp3) is 1.00. The van der Waals surface area contributed by atoms with Crippen LogP contribution in [0.5, 0.6) is 0 Å². The Morgan fingerprint density at radius 2 is 2.27 bits per heavy atom. The van der Waals surface area contributed by atoms with E-state index < -0.39 is 0 Å². The van der Waals surface area contributed by atoms with Gasteiger partial charge in [0, 0.05) is 18.6 Å². The SMILES string of the molecule is CC1CCN(C)C[C@@]1(C)CO. The molecule has 2 nitrogen and oxygen atoms in total. The highest BCUT2D eigenvalue weighted by molar-refractivity contribution is 4.86. The van der Waals surface area contributed by atoms with Crippen molar-refractivity contribution in [2.24, 2.45) is 11.3 Å². The molecule has 0 aromatic heterocycles. The van der Waals surface area contributed by atoms with Crippen LogP contribution in [-0.2, 0) is 0 Å². The first kappa shape index (κ1) is 9.01. The molecule has 1 aliphatic heterocycles. The quantitative estimate of drug-likeness (QED) is 0.613. The van der Waals surface area contributed by atoms with Gasteiger partial charge in [-0.15, -0.1) is 0 Å². The summed E-state index contributed by atoms with van der Waals surface area (Å²) in [6, 6.07) is 0. The zero-order valence-electron chi connectivity index (χ0n) is 7.80. The maximum atomic E-state index is 9.21.